The molecule has 0 saturated heterocycles. The average Bonchev–Trinajstić information content (AvgIpc) is 2.93. The molecule has 0 atom stereocenters. The Morgan fingerprint density at radius 2 is 2.17 bits per heavy atom. The minimum absolute atomic E-state index is 0.0422. The van der Waals surface area contributed by atoms with Gasteiger partial charge in [0.05, 0.1) is 17.8 Å². The minimum Gasteiger partial charge on any atom is -0.350 e. The van der Waals surface area contributed by atoms with Crippen molar-refractivity contribution in [1.29, 1.82) is 0 Å². The Balaban J connectivity index is 1.69. The maximum absolute atomic E-state index is 12.0. The zero-order valence-electron chi connectivity index (χ0n) is 13.2. The molecule has 0 radical (unpaired) electrons. The first-order valence-corrected chi connectivity index (χ1v) is 8.60. The SMILES string of the molecule is Bc1sccc1CNc1ncc2c(n1)-c1ccccc1NC(=O)C2. The van der Waals surface area contributed by atoms with E-state index in [-0.39, 0.29) is 12.3 Å². The number of nitrogens with one attached hydrogen (secondary N) is 2. The molecule has 0 spiro atoms. The summed E-state index contributed by atoms with van der Waals surface area (Å²) in [6, 6.07) is 9.83. The van der Waals surface area contributed by atoms with Crippen molar-refractivity contribution in [2.75, 3.05) is 10.6 Å². The number of rotatable bonds is 3. The zero-order chi connectivity index (χ0) is 16.5. The number of carbonyl (C=O) groups is 1. The molecule has 1 aliphatic heterocycles. The van der Waals surface area contributed by atoms with Crippen LogP contribution in [0.5, 0.6) is 0 Å². The van der Waals surface area contributed by atoms with Crippen LogP contribution < -0.4 is 15.4 Å². The van der Waals surface area contributed by atoms with Crippen LogP contribution in [0.25, 0.3) is 11.3 Å². The summed E-state index contributed by atoms with van der Waals surface area (Å²) < 4.78 is 1.29. The van der Waals surface area contributed by atoms with Crippen LogP contribution in [-0.4, -0.2) is 23.7 Å². The summed E-state index contributed by atoms with van der Waals surface area (Å²) in [5, 5.41) is 8.29. The van der Waals surface area contributed by atoms with E-state index in [4.69, 9.17) is 0 Å². The van der Waals surface area contributed by atoms with Crippen LogP contribution in [0, 0.1) is 0 Å². The summed E-state index contributed by atoms with van der Waals surface area (Å²) in [5.74, 6) is 0.530. The first-order chi connectivity index (χ1) is 11.7. The fourth-order valence-corrected chi connectivity index (χ4v) is 3.52. The van der Waals surface area contributed by atoms with Crippen LogP contribution in [-0.2, 0) is 17.8 Å². The van der Waals surface area contributed by atoms with Gasteiger partial charge in [0.2, 0.25) is 11.9 Å². The van der Waals surface area contributed by atoms with Gasteiger partial charge in [0.25, 0.3) is 0 Å². The summed E-state index contributed by atoms with van der Waals surface area (Å²) in [6.45, 7) is 0.687. The number of hydrogen-bond donors (Lipinski definition) is 2. The Kier molecular flexibility index (Phi) is 3.78. The Hall–Kier alpha value is -2.67. The largest absolute Gasteiger partial charge is 0.350 e. The van der Waals surface area contributed by atoms with Crippen LogP contribution in [0.2, 0.25) is 0 Å². The van der Waals surface area contributed by atoms with Gasteiger partial charge in [-0.1, -0.05) is 18.2 Å². The van der Waals surface area contributed by atoms with E-state index in [1.807, 2.05) is 24.3 Å². The smallest absolute Gasteiger partial charge is 0.228 e. The Labute approximate surface area is 144 Å². The first kappa shape index (κ1) is 14.9. The molecule has 1 amide bonds. The fraction of sp³-hybridized carbons (Fsp3) is 0.118. The molecule has 0 unspecified atom stereocenters. The van der Waals surface area contributed by atoms with Gasteiger partial charge >= 0.3 is 0 Å². The van der Waals surface area contributed by atoms with Gasteiger partial charge in [0.15, 0.2) is 7.85 Å². The number of benzene rings is 1. The number of hydrogen-bond acceptors (Lipinski definition) is 5. The van der Waals surface area contributed by atoms with Crippen molar-refractivity contribution in [2.24, 2.45) is 0 Å². The van der Waals surface area contributed by atoms with E-state index in [9.17, 15) is 4.79 Å². The average molecular weight is 334 g/mol. The lowest BCUT2D eigenvalue weighted by atomic mass is 10.0. The third-order valence-corrected chi connectivity index (χ3v) is 4.96. The molecule has 0 saturated carbocycles. The monoisotopic (exact) mass is 334 g/mol. The lowest BCUT2D eigenvalue weighted by molar-refractivity contribution is -0.115. The van der Waals surface area contributed by atoms with Crippen LogP contribution in [0.4, 0.5) is 11.6 Å². The van der Waals surface area contributed by atoms with Crippen LogP contribution in [0.1, 0.15) is 11.1 Å². The maximum atomic E-state index is 12.0. The molecule has 0 aliphatic carbocycles. The van der Waals surface area contributed by atoms with Crippen molar-refractivity contribution in [3.8, 4) is 11.3 Å². The molecule has 118 valence electrons. The van der Waals surface area contributed by atoms with Crippen molar-refractivity contribution >= 4 is 41.5 Å². The Morgan fingerprint density at radius 1 is 1.29 bits per heavy atom. The van der Waals surface area contributed by atoms with Crippen molar-refractivity contribution in [1.82, 2.24) is 9.97 Å². The summed E-state index contributed by atoms with van der Waals surface area (Å²) in [5.41, 5.74) is 4.61. The lowest BCUT2D eigenvalue weighted by Crippen LogP contribution is -2.13. The molecule has 3 aromatic rings. The van der Waals surface area contributed by atoms with E-state index >= 15 is 0 Å². The highest BCUT2D eigenvalue weighted by molar-refractivity contribution is 7.18. The molecule has 3 heterocycles. The number of para-hydroxylation sites is 1. The molecule has 1 aliphatic rings. The normalized spacial score (nSPS) is 12.8. The van der Waals surface area contributed by atoms with Gasteiger partial charge in [-0.15, -0.1) is 0 Å². The molecule has 0 bridgehead atoms. The molecule has 5 nitrogen and oxygen atoms in total. The number of amides is 1. The van der Waals surface area contributed by atoms with Crippen LogP contribution in [0.3, 0.4) is 0 Å². The van der Waals surface area contributed by atoms with E-state index in [0.717, 1.165) is 22.5 Å². The first-order valence-electron chi connectivity index (χ1n) is 7.73. The van der Waals surface area contributed by atoms with Crippen molar-refractivity contribution in [3.05, 3.63) is 53.0 Å². The van der Waals surface area contributed by atoms with Gasteiger partial charge in [-0.25, -0.2) is 9.97 Å². The second-order valence-electron chi connectivity index (χ2n) is 5.69. The maximum Gasteiger partial charge on any atom is 0.228 e. The van der Waals surface area contributed by atoms with Crippen LogP contribution >= 0.6 is 11.3 Å². The van der Waals surface area contributed by atoms with E-state index in [0.29, 0.717) is 12.5 Å². The van der Waals surface area contributed by atoms with E-state index in [1.54, 1.807) is 17.5 Å². The highest BCUT2D eigenvalue weighted by Gasteiger charge is 2.20. The molecular weight excluding hydrogens is 319 g/mol. The summed E-state index contributed by atoms with van der Waals surface area (Å²) in [6.07, 6.45) is 2.03. The van der Waals surface area contributed by atoms with Crippen molar-refractivity contribution < 1.29 is 4.79 Å². The van der Waals surface area contributed by atoms with E-state index < -0.39 is 0 Å². The fourth-order valence-electron chi connectivity index (χ4n) is 2.79. The van der Waals surface area contributed by atoms with Crippen molar-refractivity contribution in [3.63, 3.8) is 0 Å². The standard InChI is InChI=1S/C17H15BN4OS/c18-16-10(5-6-24-16)8-19-17-20-9-11-7-14(23)21-13-4-2-1-3-12(13)15(11)22-17/h1-6,9H,7-8,18H2,(H,21,23)(H,19,20,22). The number of anilines is 2. The van der Waals surface area contributed by atoms with Gasteiger partial charge in [-0.2, -0.15) is 11.3 Å². The van der Waals surface area contributed by atoms with Gasteiger partial charge in [0.1, 0.15) is 0 Å². The molecule has 7 heteroatoms. The lowest BCUT2D eigenvalue weighted by Gasteiger charge is -2.10. The van der Waals surface area contributed by atoms with Crippen molar-refractivity contribution in [2.45, 2.75) is 13.0 Å². The Morgan fingerprint density at radius 3 is 3.00 bits per heavy atom. The van der Waals surface area contributed by atoms with Crippen LogP contribution in [0.15, 0.2) is 41.9 Å². The second kappa shape index (κ2) is 6.09. The van der Waals surface area contributed by atoms with Gasteiger partial charge in [-0.05, 0) is 27.9 Å². The molecular formula is C17H15BN4OS. The number of thiophene rings is 1. The van der Waals surface area contributed by atoms with E-state index in [1.165, 1.54) is 10.3 Å². The number of aromatic nitrogens is 2. The third kappa shape index (κ3) is 2.78. The predicted molar refractivity (Wildman–Crippen MR) is 99.6 cm³/mol. The number of carbonyl (C=O) groups excluding carboxylic acids is 1. The second-order valence-corrected chi connectivity index (χ2v) is 6.81. The molecule has 2 N–H and O–H groups in total. The molecule has 24 heavy (non-hydrogen) atoms. The summed E-state index contributed by atoms with van der Waals surface area (Å²) in [4.78, 5) is 21.1. The van der Waals surface area contributed by atoms with Gasteiger partial charge in [0, 0.05) is 23.9 Å². The van der Waals surface area contributed by atoms with E-state index in [2.05, 4.69) is 39.9 Å². The topological polar surface area (TPSA) is 66.9 Å². The quantitative estimate of drug-likeness (QED) is 0.714. The highest BCUT2D eigenvalue weighted by Crippen LogP contribution is 2.32. The number of fused-ring (bicyclic) bond motifs is 3. The predicted octanol–water partition coefficient (Wildman–Crippen LogP) is 1.57. The minimum atomic E-state index is -0.0422. The van der Waals surface area contributed by atoms with Gasteiger partial charge in [-0.3, -0.25) is 4.79 Å². The number of nitrogens with zero attached hydrogens (tertiary/aromatic N) is 2. The molecule has 1 aromatic carbocycles. The molecule has 2 aromatic heterocycles. The Bertz CT molecular complexity index is 924. The van der Waals surface area contributed by atoms with Gasteiger partial charge < -0.3 is 10.6 Å². The summed E-state index contributed by atoms with van der Waals surface area (Å²) >= 11 is 1.73. The summed E-state index contributed by atoms with van der Waals surface area (Å²) in [7, 11) is 2.10. The highest BCUT2D eigenvalue weighted by atomic mass is 32.1. The third-order valence-electron chi connectivity index (χ3n) is 4.08. The molecule has 4 rings (SSSR count). The zero-order valence-corrected chi connectivity index (χ0v) is 14.0. The molecule has 0 fully saturated rings.